The van der Waals surface area contributed by atoms with Crippen molar-refractivity contribution in [2.45, 2.75) is 0 Å². The molecule has 0 saturated carbocycles. The maximum atomic E-state index is 6.50. The molecule has 0 radical (unpaired) electrons. The van der Waals surface area contributed by atoms with E-state index in [0.717, 1.165) is 0 Å². The molecule has 0 aliphatic heterocycles. The van der Waals surface area contributed by atoms with Gasteiger partial charge < -0.3 is 0 Å². The Kier molecular flexibility index (Phi) is 143000. The molecular weight excluding hydrogens is 384 g/mol. The van der Waals surface area contributed by atoms with Crippen molar-refractivity contribution in [1.82, 2.24) is 0 Å². The van der Waals surface area contributed by atoms with Gasteiger partial charge >= 0.3 is 51.4 Å². The third-order valence-corrected chi connectivity index (χ3v) is 0. The summed E-state index contributed by atoms with van der Waals surface area (Å²) >= 11 is 0. The molecule has 6 nitrogen and oxygen atoms in total. The molecule has 0 amide bonds. The molecule has 0 fully saturated rings. The third-order valence-electron chi connectivity index (χ3n) is 0. The molecule has 0 spiro atoms. The normalized spacial score (nSPS) is 0.667. The molecule has 0 atom stereocenters. The molecule has 0 N–H and O–H groups in total. The average molecular weight is 397 g/mol. The van der Waals surface area contributed by atoms with Crippen LogP contribution in [0.1, 0.15) is 0 Å². The molecule has 12 heteroatoms. The molecule has 0 bridgehead atoms. The summed E-state index contributed by atoms with van der Waals surface area (Å²) in [7, 11) is 0. The first-order chi connectivity index (χ1) is 6.00. The fourth-order valence-corrected chi connectivity index (χ4v) is 0. The molecule has 18 heavy (non-hydrogen) atoms. The van der Waals surface area contributed by atoms with Crippen molar-refractivity contribution in [3.8, 4) is 39.4 Å². The van der Waals surface area contributed by atoms with Crippen molar-refractivity contribution >= 4 is 106 Å². The van der Waals surface area contributed by atoms with Gasteiger partial charge in [0.15, 0.2) is 17.4 Å². The van der Waals surface area contributed by atoms with E-state index in [-0.39, 0.29) is 123 Å². The molecule has 100 valence electrons. The average Bonchev–Trinajstić information content (AvgIpc) is 2.33. The summed E-state index contributed by atoms with van der Waals surface area (Å²) in [5.41, 5.74) is 0. The van der Waals surface area contributed by atoms with Crippen molar-refractivity contribution in [2.75, 3.05) is 0 Å². The molecule has 0 aromatic carbocycles. The van der Waals surface area contributed by atoms with Gasteiger partial charge in [-0.2, -0.15) is 0 Å². The molecule has 0 aromatic heterocycles. The standard InChI is InChI=1S/6CHN.Al.3ClH.Fe.K.4H/c6*1-2;;;;;;;;;;/h6*1H;;3*1H;;;;;;. The van der Waals surface area contributed by atoms with Gasteiger partial charge in [0.25, 0.3) is 0 Å². The van der Waals surface area contributed by atoms with E-state index < -0.39 is 0 Å². The predicted molar refractivity (Wildman–Crippen MR) is 78.9 cm³/mol. The molecule has 0 heterocycles. The Morgan fingerprint density at radius 1 is 0.389 bits per heavy atom. The van der Waals surface area contributed by atoms with Crippen molar-refractivity contribution in [3.05, 3.63) is 0 Å². The Morgan fingerprint density at radius 3 is 0.389 bits per heavy atom. The van der Waals surface area contributed by atoms with Crippen LogP contribution in [0.2, 0.25) is 0 Å². The van der Waals surface area contributed by atoms with E-state index in [9.17, 15) is 0 Å². The van der Waals surface area contributed by atoms with Gasteiger partial charge in [-0.1, -0.05) is 0 Å². The van der Waals surface area contributed by atoms with E-state index >= 15 is 0 Å². The number of nitriles is 6. The van der Waals surface area contributed by atoms with Crippen LogP contribution in [0, 0.1) is 71.0 Å². The molecule has 0 saturated heterocycles. The maximum absolute atomic E-state index is 6.50. The number of halogens is 3. The molecule has 0 aliphatic rings. The van der Waals surface area contributed by atoms with Gasteiger partial charge in [0, 0.05) is 56.5 Å². The van der Waals surface area contributed by atoms with Crippen LogP contribution in [0.5, 0.6) is 0 Å². The molecule has 0 aliphatic carbocycles. The van der Waals surface area contributed by atoms with Crippen LogP contribution in [0.25, 0.3) is 0 Å². The van der Waals surface area contributed by atoms with Crippen LogP contribution in [-0.2, 0) is 17.1 Å². The zero-order valence-corrected chi connectivity index (χ0v) is 11.3. The van der Waals surface area contributed by atoms with Crippen molar-refractivity contribution in [1.29, 1.82) is 31.6 Å². The molecule has 0 unspecified atom stereocenters. The Morgan fingerprint density at radius 2 is 0.389 bits per heavy atom. The van der Waals surface area contributed by atoms with Gasteiger partial charge in [-0.3, -0.25) is 0 Å². The minimum absolute atomic E-state index is 0. The van der Waals surface area contributed by atoms with Crippen LogP contribution in [0.15, 0.2) is 0 Å². The van der Waals surface area contributed by atoms with E-state index in [0.29, 0.717) is 0 Å². The summed E-state index contributed by atoms with van der Waals surface area (Å²) in [5, 5.41) is 39.0. The third kappa shape index (κ3) is 16000. The van der Waals surface area contributed by atoms with Crippen LogP contribution in [-0.4, -0.2) is 68.7 Å². The second kappa shape index (κ2) is 19200. The van der Waals surface area contributed by atoms with Crippen LogP contribution < -0.4 is 0 Å². The van der Waals surface area contributed by atoms with Gasteiger partial charge in [-0.25, -0.2) is 31.6 Å². The van der Waals surface area contributed by atoms with E-state index in [1.54, 1.807) is 0 Å². The zero-order valence-electron chi connectivity index (χ0n) is 7.73. The fraction of sp³-hybridized carbons (Fsp3) is 0. The summed E-state index contributed by atoms with van der Waals surface area (Å²) < 4.78 is 0. The van der Waals surface area contributed by atoms with Crippen LogP contribution in [0.4, 0.5) is 0 Å². The summed E-state index contributed by atoms with van der Waals surface area (Å²) in [5.74, 6) is 0. The first-order valence-electron chi connectivity index (χ1n) is 1.55. The summed E-state index contributed by atoms with van der Waals surface area (Å²) in [6.45, 7) is 21.0. The number of rotatable bonds is 0. The monoisotopic (exact) mass is 396 g/mol. The van der Waals surface area contributed by atoms with Gasteiger partial charge in [-0.15, -0.1) is 37.2 Å². The molecule has 0 rings (SSSR count). The predicted octanol–water partition coefficient (Wildman–Crippen LogP) is 0.269. The van der Waals surface area contributed by atoms with E-state index in [4.69, 9.17) is 31.6 Å². The summed E-state index contributed by atoms with van der Waals surface area (Å²) in [6, 6.07) is 0. The SMILES string of the molecule is C#N.C#N.C#N.C#N.C#N.C#N.Cl.Cl.Cl.[AlH3].[Fe].[KH]. The minimum atomic E-state index is 0. The second-order valence-corrected chi connectivity index (χ2v) is 0. The van der Waals surface area contributed by atoms with Crippen LogP contribution in [0.3, 0.4) is 0 Å². The Labute approximate surface area is 191 Å². The molecule has 0 aromatic rings. The number of hydrogen-bond acceptors (Lipinski definition) is 6. The second-order valence-electron chi connectivity index (χ2n) is 0. The van der Waals surface area contributed by atoms with E-state index in [1.165, 1.54) is 0 Å². The van der Waals surface area contributed by atoms with Crippen LogP contribution >= 0.6 is 37.2 Å². The fourth-order valence-electron chi connectivity index (χ4n) is 0. The van der Waals surface area contributed by atoms with Gasteiger partial charge in [-0.05, 0) is 0 Å². The summed E-state index contributed by atoms with van der Waals surface area (Å²) in [6.07, 6.45) is 0. The van der Waals surface area contributed by atoms with Gasteiger partial charge in [0.1, 0.15) is 0 Å². The van der Waals surface area contributed by atoms with Crippen molar-refractivity contribution < 1.29 is 17.1 Å². The van der Waals surface area contributed by atoms with Gasteiger partial charge in [0.2, 0.25) is 0 Å². The number of nitrogens with zero attached hydrogens (tertiary/aromatic N) is 6. The topological polar surface area (TPSA) is 143 Å². The van der Waals surface area contributed by atoms with Gasteiger partial charge in [0.05, 0.1) is 0 Å². The van der Waals surface area contributed by atoms with E-state index in [2.05, 4.69) is 39.4 Å². The summed E-state index contributed by atoms with van der Waals surface area (Å²) in [4.78, 5) is 0. The Balaban J connectivity index is -0.00000000225. The Bertz CT molecular complexity index is 114. The Hall–Kier alpha value is 0.498. The first-order valence-corrected chi connectivity index (χ1v) is 1.55. The zero-order chi connectivity index (χ0) is 12.0. The first kappa shape index (κ1) is 134. The quantitative estimate of drug-likeness (QED) is 0.537. The van der Waals surface area contributed by atoms with E-state index in [1.807, 2.05) is 0 Å². The van der Waals surface area contributed by atoms with Crippen molar-refractivity contribution in [2.24, 2.45) is 0 Å². The molecular formula is C6H13AlCl3FeKN6. The van der Waals surface area contributed by atoms with Crippen molar-refractivity contribution in [3.63, 3.8) is 0 Å². The number of hydrogen-bond donors (Lipinski definition) is 0.